The smallest absolute Gasteiger partial charge is 0.251 e. The van der Waals surface area contributed by atoms with Gasteiger partial charge in [-0.05, 0) is 53.6 Å². The normalized spacial score (nSPS) is 11.6. The van der Waals surface area contributed by atoms with Crippen molar-refractivity contribution in [2.75, 3.05) is 32.3 Å². The number of hydrogen-bond acceptors (Lipinski definition) is 5. The summed E-state index contributed by atoms with van der Waals surface area (Å²) in [5.41, 5.74) is 9.22. The van der Waals surface area contributed by atoms with Gasteiger partial charge in [0.25, 0.3) is 5.91 Å². The van der Waals surface area contributed by atoms with Gasteiger partial charge in [-0.3, -0.25) is 4.79 Å². The Kier molecular flexibility index (Phi) is 8.56. The molecule has 0 heterocycles. The molecule has 3 aromatic carbocycles. The monoisotopic (exact) mass is 490 g/mol. The number of carbonyl (C=O) groups is 1. The van der Waals surface area contributed by atoms with Crippen LogP contribution in [0.4, 0.5) is 5.69 Å². The van der Waals surface area contributed by atoms with Crippen LogP contribution in [0.1, 0.15) is 26.7 Å². The quantitative estimate of drug-likeness (QED) is 0.290. The second-order valence-corrected chi connectivity index (χ2v) is 8.93. The van der Waals surface area contributed by atoms with Crippen molar-refractivity contribution in [1.29, 1.82) is 0 Å². The third kappa shape index (κ3) is 5.82. The lowest BCUT2D eigenvalue weighted by atomic mass is 10.0. The molecule has 5 nitrogen and oxygen atoms in total. The summed E-state index contributed by atoms with van der Waals surface area (Å²) in [6.45, 7) is 0.458. The Balaban J connectivity index is 1.70. The summed E-state index contributed by atoms with van der Waals surface area (Å²) < 4.78 is 10.5. The van der Waals surface area contributed by atoms with E-state index in [1.165, 1.54) is 7.11 Å². The molecule has 0 saturated heterocycles. The van der Waals surface area contributed by atoms with Crippen molar-refractivity contribution in [3.63, 3.8) is 0 Å². The predicted octanol–water partition coefficient (Wildman–Crippen LogP) is 5.85. The van der Waals surface area contributed by atoms with E-state index in [4.69, 9.17) is 38.4 Å². The van der Waals surface area contributed by atoms with E-state index in [2.05, 4.69) is 5.32 Å². The zero-order valence-corrected chi connectivity index (χ0v) is 20.1. The number of halogens is 2. The average molecular weight is 491 g/mol. The Bertz CT molecular complexity index is 1090. The number of rotatable bonds is 9. The number of carbonyl (C=O) groups excluding carboxylic acids is 1. The van der Waals surface area contributed by atoms with E-state index < -0.39 is 0 Å². The van der Waals surface area contributed by atoms with Crippen LogP contribution in [-0.4, -0.2) is 32.4 Å². The largest absolute Gasteiger partial charge is 0.493 e. The molecule has 0 saturated carbocycles. The van der Waals surface area contributed by atoms with Crippen molar-refractivity contribution in [3.8, 4) is 11.5 Å². The minimum absolute atomic E-state index is 0.125. The van der Waals surface area contributed by atoms with Crippen LogP contribution in [0, 0.1) is 0 Å². The molecule has 3 rings (SSSR count). The lowest BCUT2D eigenvalue weighted by molar-refractivity contribution is 0.0955. The molecule has 8 heteroatoms. The van der Waals surface area contributed by atoms with Crippen LogP contribution in [0.3, 0.4) is 0 Å². The molecule has 0 spiro atoms. The van der Waals surface area contributed by atoms with E-state index >= 15 is 0 Å². The highest BCUT2D eigenvalue weighted by atomic mass is 35.5. The number of nitrogens with two attached hydrogens (primary N) is 1. The van der Waals surface area contributed by atoms with Gasteiger partial charge in [0.1, 0.15) is 0 Å². The van der Waals surface area contributed by atoms with E-state index in [9.17, 15) is 4.79 Å². The molecule has 1 amide bonds. The molecule has 168 valence electrons. The number of benzene rings is 3. The first-order valence-corrected chi connectivity index (χ1v) is 11.7. The van der Waals surface area contributed by atoms with Gasteiger partial charge in [-0.15, -0.1) is 11.8 Å². The standard InChI is InChI=1S/C24H24Cl2N2O3S/c1-30-21-10-7-15(13-22(21)31-2)24(29)28-11-12-32-23(17-5-3-4-6-19(17)26)18-14-16(25)8-9-20(18)27/h3-10,13-14,23H,11-12,27H2,1-2H3,(H,28,29). The average Bonchev–Trinajstić information content (AvgIpc) is 2.81. The third-order valence-corrected chi connectivity index (χ3v) is 6.70. The maximum atomic E-state index is 12.6. The molecule has 0 aliphatic carbocycles. The van der Waals surface area contributed by atoms with Crippen molar-refractivity contribution < 1.29 is 14.3 Å². The van der Waals surface area contributed by atoms with E-state index in [0.29, 0.717) is 45.1 Å². The molecule has 1 atom stereocenters. The first kappa shape index (κ1) is 24.1. The molecular weight excluding hydrogens is 467 g/mol. The van der Waals surface area contributed by atoms with E-state index in [0.717, 1.165) is 11.1 Å². The van der Waals surface area contributed by atoms with E-state index in [1.807, 2.05) is 30.3 Å². The van der Waals surface area contributed by atoms with Gasteiger partial charge in [-0.25, -0.2) is 0 Å². The van der Waals surface area contributed by atoms with Crippen molar-refractivity contribution in [2.45, 2.75) is 5.25 Å². The van der Waals surface area contributed by atoms with Gasteiger partial charge in [0.05, 0.1) is 19.5 Å². The first-order chi connectivity index (χ1) is 15.4. The van der Waals surface area contributed by atoms with Gasteiger partial charge in [-0.1, -0.05) is 41.4 Å². The summed E-state index contributed by atoms with van der Waals surface area (Å²) in [6, 6.07) is 18.1. The molecule has 32 heavy (non-hydrogen) atoms. The fourth-order valence-corrected chi connectivity index (χ4v) is 4.94. The summed E-state index contributed by atoms with van der Waals surface area (Å²) in [5.74, 6) is 1.52. The topological polar surface area (TPSA) is 73.6 Å². The number of methoxy groups -OCH3 is 2. The Morgan fingerprint density at radius 2 is 1.75 bits per heavy atom. The van der Waals surface area contributed by atoms with Crippen molar-refractivity contribution in [2.24, 2.45) is 0 Å². The van der Waals surface area contributed by atoms with Crippen LogP contribution in [0.5, 0.6) is 11.5 Å². The SMILES string of the molecule is COc1ccc(C(=O)NCCSC(c2cc(Cl)ccc2N)c2ccccc2Cl)cc1OC. The molecule has 0 aliphatic rings. The first-order valence-electron chi connectivity index (χ1n) is 9.85. The highest BCUT2D eigenvalue weighted by Gasteiger charge is 2.20. The second kappa shape index (κ2) is 11.4. The van der Waals surface area contributed by atoms with Crippen molar-refractivity contribution in [3.05, 3.63) is 87.4 Å². The maximum absolute atomic E-state index is 12.6. The molecule has 0 aromatic heterocycles. The van der Waals surface area contributed by atoms with Crippen LogP contribution in [0.25, 0.3) is 0 Å². The molecule has 1 unspecified atom stereocenters. The third-order valence-electron chi connectivity index (χ3n) is 4.84. The predicted molar refractivity (Wildman–Crippen MR) is 133 cm³/mol. The van der Waals surface area contributed by atoms with Crippen molar-refractivity contribution in [1.82, 2.24) is 5.32 Å². The van der Waals surface area contributed by atoms with Crippen LogP contribution >= 0.6 is 35.0 Å². The van der Waals surface area contributed by atoms with Gasteiger partial charge < -0.3 is 20.5 Å². The summed E-state index contributed by atoms with van der Waals surface area (Å²) in [6.07, 6.45) is 0. The number of hydrogen-bond donors (Lipinski definition) is 2. The molecule has 0 radical (unpaired) electrons. The van der Waals surface area contributed by atoms with E-state index in [1.54, 1.807) is 49.2 Å². The Morgan fingerprint density at radius 1 is 1.00 bits per heavy atom. The van der Waals surface area contributed by atoms with Crippen LogP contribution < -0.4 is 20.5 Å². The Morgan fingerprint density at radius 3 is 2.47 bits per heavy atom. The molecular formula is C24H24Cl2N2O3S. The lowest BCUT2D eigenvalue weighted by Crippen LogP contribution is -2.26. The van der Waals surface area contributed by atoms with Crippen LogP contribution in [-0.2, 0) is 0 Å². The zero-order chi connectivity index (χ0) is 23.1. The number of amides is 1. The minimum atomic E-state index is -0.192. The number of thioether (sulfide) groups is 1. The fourth-order valence-electron chi connectivity index (χ4n) is 3.23. The summed E-state index contributed by atoms with van der Waals surface area (Å²) >= 11 is 14.3. The van der Waals surface area contributed by atoms with Gasteiger partial charge in [-0.2, -0.15) is 0 Å². The maximum Gasteiger partial charge on any atom is 0.251 e. The molecule has 0 aliphatic heterocycles. The molecule has 0 bridgehead atoms. The number of nitrogens with one attached hydrogen (secondary N) is 1. The van der Waals surface area contributed by atoms with Gasteiger partial charge in [0.2, 0.25) is 0 Å². The summed E-state index contributed by atoms with van der Waals surface area (Å²) in [5, 5.41) is 4.07. The minimum Gasteiger partial charge on any atom is -0.493 e. The lowest BCUT2D eigenvalue weighted by Gasteiger charge is -2.21. The molecule has 0 fully saturated rings. The van der Waals surface area contributed by atoms with Gasteiger partial charge >= 0.3 is 0 Å². The zero-order valence-electron chi connectivity index (χ0n) is 17.7. The van der Waals surface area contributed by atoms with Gasteiger partial charge in [0, 0.05) is 33.6 Å². The fraction of sp³-hybridized carbons (Fsp3) is 0.208. The summed E-state index contributed by atoms with van der Waals surface area (Å²) in [4.78, 5) is 12.6. The van der Waals surface area contributed by atoms with E-state index in [-0.39, 0.29) is 11.2 Å². The highest BCUT2D eigenvalue weighted by molar-refractivity contribution is 7.99. The molecule has 3 aromatic rings. The van der Waals surface area contributed by atoms with Crippen molar-refractivity contribution >= 4 is 46.6 Å². The second-order valence-electron chi connectivity index (χ2n) is 6.87. The Hall–Kier alpha value is -2.54. The number of nitrogen functional groups attached to an aromatic ring is 1. The highest BCUT2D eigenvalue weighted by Crippen LogP contribution is 2.42. The molecule has 3 N–H and O–H groups in total. The van der Waals surface area contributed by atoms with Crippen LogP contribution in [0.15, 0.2) is 60.7 Å². The Labute approximate surface area is 202 Å². The number of ether oxygens (including phenoxy) is 2. The van der Waals surface area contributed by atoms with Gasteiger partial charge in [0.15, 0.2) is 11.5 Å². The van der Waals surface area contributed by atoms with Crippen LogP contribution in [0.2, 0.25) is 10.0 Å². The summed E-state index contributed by atoms with van der Waals surface area (Å²) in [7, 11) is 3.09. The number of anilines is 1.